The Labute approximate surface area is 81.3 Å². The molecular weight excluding hydrogens is 182 g/mol. The first kappa shape index (κ1) is 9.05. The minimum Gasteiger partial charge on any atom is -0.311 e. The van der Waals surface area contributed by atoms with E-state index in [0.717, 1.165) is 5.69 Å². The number of aromatic nitrogens is 2. The van der Waals surface area contributed by atoms with Crippen LogP contribution in [0.1, 0.15) is 19.0 Å². The average Bonchev–Trinajstić information content (AvgIpc) is 2.39. The number of amides is 1. The van der Waals surface area contributed by atoms with Gasteiger partial charge in [-0.15, -0.1) is 0 Å². The molecule has 0 unspecified atom stereocenters. The summed E-state index contributed by atoms with van der Waals surface area (Å²) >= 11 is 0. The lowest BCUT2D eigenvalue weighted by atomic mass is 10.1. The summed E-state index contributed by atoms with van der Waals surface area (Å²) < 4.78 is 3.20. The summed E-state index contributed by atoms with van der Waals surface area (Å²) in [5.74, 6) is 0.668. The van der Waals surface area contributed by atoms with Gasteiger partial charge in [-0.1, -0.05) is 0 Å². The second-order valence-electron chi connectivity index (χ2n) is 3.43. The zero-order valence-electron chi connectivity index (χ0n) is 8.33. The van der Waals surface area contributed by atoms with E-state index in [1.54, 1.807) is 16.2 Å². The zero-order valence-corrected chi connectivity index (χ0v) is 8.33. The van der Waals surface area contributed by atoms with E-state index in [2.05, 4.69) is 5.32 Å². The Hall–Kier alpha value is -1.52. The van der Waals surface area contributed by atoms with Gasteiger partial charge in [0.2, 0.25) is 5.91 Å². The van der Waals surface area contributed by atoms with Crippen molar-refractivity contribution < 1.29 is 4.79 Å². The summed E-state index contributed by atoms with van der Waals surface area (Å²) in [4.78, 5) is 22.8. The molecule has 1 amide bonds. The lowest BCUT2D eigenvalue weighted by Gasteiger charge is -2.14. The standard InChI is InChI=1S/C9H13N3O2/c1-3-12-8-6(11(2)9(12)14)4-5-7(13)10-8/h3-5H2,1-2H3,(H,10,13). The molecule has 0 aromatic carbocycles. The number of hydrogen-bond acceptors (Lipinski definition) is 2. The molecular formula is C9H13N3O2. The fourth-order valence-corrected chi connectivity index (χ4v) is 1.85. The molecule has 1 aromatic rings. The highest BCUT2D eigenvalue weighted by Gasteiger charge is 2.23. The third kappa shape index (κ3) is 1.08. The lowest BCUT2D eigenvalue weighted by Crippen LogP contribution is -2.23. The van der Waals surface area contributed by atoms with Gasteiger partial charge >= 0.3 is 5.69 Å². The van der Waals surface area contributed by atoms with E-state index < -0.39 is 0 Å². The van der Waals surface area contributed by atoms with E-state index in [1.165, 1.54) is 0 Å². The SMILES string of the molecule is CCn1c2c(n(C)c1=O)CCC(=O)N2. The highest BCUT2D eigenvalue weighted by Crippen LogP contribution is 2.20. The van der Waals surface area contributed by atoms with Crippen LogP contribution in [0.2, 0.25) is 0 Å². The summed E-state index contributed by atoms with van der Waals surface area (Å²) in [5, 5.41) is 2.74. The molecule has 1 N–H and O–H groups in total. The summed E-state index contributed by atoms with van der Waals surface area (Å²) in [6.07, 6.45) is 1.12. The molecule has 5 nitrogen and oxygen atoms in total. The topological polar surface area (TPSA) is 56.0 Å². The fraction of sp³-hybridized carbons (Fsp3) is 0.556. The van der Waals surface area contributed by atoms with Crippen molar-refractivity contribution in [3.8, 4) is 0 Å². The van der Waals surface area contributed by atoms with Crippen molar-refractivity contribution in [3.05, 3.63) is 16.2 Å². The average molecular weight is 195 g/mol. The predicted octanol–water partition coefficient (Wildman–Crippen LogP) is 0.0914. The maximum Gasteiger partial charge on any atom is 0.329 e. The van der Waals surface area contributed by atoms with Crippen LogP contribution in [0, 0.1) is 0 Å². The summed E-state index contributed by atoms with van der Waals surface area (Å²) in [7, 11) is 1.74. The van der Waals surface area contributed by atoms with E-state index in [4.69, 9.17) is 0 Å². The molecule has 1 aliphatic heterocycles. The van der Waals surface area contributed by atoms with E-state index >= 15 is 0 Å². The van der Waals surface area contributed by atoms with Crippen LogP contribution in [0.15, 0.2) is 4.79 Å². The van der Waals surface area contributed by atoms with Crippen LogP contribution in [0.25, 0.3) is 0 Å². The molecule has 14 heavy (non-hydrogen) atoms. The van der Waals surface area contributed by atoms with E-state index in [1.807, 2.05) is 6.92 Å². The third-order valence-corrected chi connectivity index (χ3v) is 2.63. The molecule has 0 bridgehead atoms. The van der Waals surface area contributed by atoms with Crippen molar-refractivity contribution in [3.63, 3.8) is 0 Å². The molecule has 0 spiro atoms. The Morgan fingerprint density at radius 2 is 2.07 bits per heavy atom. The first-order valence-electron chi connectivity index (χ1n) is 4.73. The number of carbonyl (C=O) groups is 1. The quantitative estimate of drug-likeness (QED) is 0.690. The maximum absolute atomic E-state index is 11.7. The number of fused-ring (bicyclic) bond motifs is 1. The predicted molar refractivity (Wildman–Crippen MR) is 52.3 cm³/mol. The van der Waals surface area contributed by atoms with Crippen molar-refractivity contribution in [1.29, 1.82) is 0 Å². The number of imidazole rings is 1. The molecule has 2 rings (SSSR count). The Morgan fingerprint density at radius 1 is 1.36 bits per heavy atom. The molecule has 5 heteroatoms. The molecule has 0 aliphatic carbocycles. The van der Waals surface area contributed by atoms with Gasteiger partial charge in [0.25, 0.3) is 0 Å². The van der Waals surface area contributed by atoms with E-state index in [0.29, 0.717) is 25.2 Å². The van der Waals surface area contributed by atoms with Gasteiger partial charge in [0.1, 0.15) is 5.82 Å². The molecule has 2 heterocycles. The van der Waals surface area contributed by atoms with E-state index in [-0.39, 0.29) is 11.6 Å². The smallest absolute Gasteiger partial charge is 0.311 e. The van der Waals surface area contributed by atoms with Gasteiger partial charge in [0, 0.05) is 26.4 Å². The number of rotatable bonds is 1. The third-order valence-electron chi connectivity index (χ3n) is 2.63. The second-order valence-corrected chi connectivity index (χ2v) is 3.43. The van der Waals surface area contributed by atoms with Gasteiger partial charge in [-0.05, 0) is 6.92 Å². The first-order chi connectivity index (χ1) is 6.65. The monoisotopic (exact) mass is 195 g/mol. The van der Waals surface area contributed by atoms with Gasteiger partial charge in [-0.25, -0.2) is 4.79 Å². The molecule has 0 atom stereocenters. The Balaban J connectivity index is 2.64. The largest absolute Gasteiger partial charge is 0.329 e. The van der Waals surface area contributed by atoms with Crippen LogP contribution in [0.3, 0.4) is 0 Å². The zero-order chi connectivity index (χ0) is 10.3. The number of nitrogens with zero attached hydrogens (tertiary/aromatic N) is 2. The summed E-state index contributed by atoms with van der Waals surface area (Å²) in [6, 6.07) is 0. The Kier molecular flexibility index (Phi) is 1.94. The first-order valence-corrected chi connectivity index (χ1v) is 4.73. The maximum atomic E-state index is 11.7. The Bertz CT molecular complexity index is 442. The van der Waals surface area contributed by atoms with E-state index in [9.17, 15) is 9.59 Å². The molecule has 0 saturated heterocycles. The highest BCUT2D eigenvalue weighted by molar-refractivity contribution is 5.92. The number of anilines is 1. The minimum absolute atomic E-state index is 0.00898. The summed E-state index contributed by atoms with van der Waals surface area (Å²) in [5.41, 5.74) is 0.871. The number of carbonyl (C=O) groups excluding carboxylic acids is 1. The van der Waals surface area contributed by atoms with Crippen molar-refractivity contribution in [2.24, 2.45) is 7.05 Å². The molecule has 0 fully saturated rings. The highest BCUT2D eigenvalue weighted by atomic mass is 16.2. The molecule has 1 aromatic heterocycles. The summed E-state index contributed by atoms with van der Waals surface area (Å²) in [6.45, 7) is 2.48. The van der Waals surface area contributed by atoms with Crippen LogP contribution >= 0.6 is 0 Å². The van der Waals surface area contributed by atoms with Crippen molar-refractivity contribution in [1.82, 2.24) is 9.13 Å². The second kappa shape index (κ2) is 3.01. The van der Waals surface area contributed by atoms with Crippen LogP contribution in [-0.2, 0) is 24.8 Å². The molecule has 1 aliphatic rings. The van der Waals surface area contributed by atoms with Gasteiger partial charge in [0.05, 0.1) is 5.69 Å². The van der Waals surface area contributed by atoms with Crippen LogP contribution in [0.4, 0.5) is 5.82 Å². The van der Waals surface area contributed by atoms with Crippen molar-refractivity contribution in [2.45, 2.75) is 26.3 Å². The van der Waals surface area contributed by atoms with Gasteiger partial charge in [0.15, 0.2) is 0 Å². The minimum atomic E-state index is -0.0558. The van der Waals surface area contributed by atoms with Crippen molar-refractivity contribution in [2.75, 3.05) is 5.32 Å². The Morgan fingerprint density at radius 3 is 2.71 bits per heavy atom. The van der Waals surface area contributed by atoms with Crippen molar-refractivity contribution >= 4 is 11.7 Å². The molecule has 0 saturated carbocycles. The number of nitrogens with one attached hydrogen (secondary N) is 1. The lowest BCUT2D eigenvalue weighted by molar-refractivity contribution is -0.116. The number of hydrogen-bond donors (Lipinski definition) is 1. The van der Waals surface area contributed by atoms with Gasteiger partial charge in [-0.2, -0.15) is 0 Å². The molecule has 76 valence electrons. The van der Waals surface area contributed by atoms with Crippen LogP contribution in [0.5, 0.6) is 0 Å². The van der Waals surface area contributed by atoms with Crippen LogP contribution in [-0.4, -0.2) is 15.0 Å². The van der Waals surface area contributed by atoms with Crippen LogP contribution < -0.4 is 11.0 Å². The van der Waals surface area contributed by atoms with Gasteiger partial charge < -0.3 is 5.32 Å². The fourth-order valence-electron chi connectivity index (χ4n) is 1.85. The normalized spacial score (nSPS) is 15.1. The van der Waals surface area contributed by atoms with Gasteiger partial charge in [-0.3, -0.25) is 13.9 Å². The molecule has 0 radical (unpaired) electrons.